The maximum Gasteiger partial charge on any atom is 0.118 e. The zero-order valence-corrected chi connectivity index (χ0v) is 13.6. The van der Waals surface area contributed by atoms with E-state index in [0.29, 0.717) is 0 Å². The minimum absolute atomic E-state index is 0.851. The van der Waals surface area contributed by atoms with Crippen molar-refractivity contribution < 1.29 is 4.74 Å². The molecule has 0 saturated carbocycles. The highest BCUT2D eigenvalue weighted by molar-refractivity contribution is 5.84. The molecule has 3 rings (SSSR count). The summed E-state index contributed by atoms with van der Waals surface area (Å²) in [5.74, 6) is 7.29. The van der Waals surface area contributed by atoms with Crippen LogP contribution >= 0.6 is 0 Å². The largest absolute Gasteiger partial charge is 0.497 e. The summed E-state index contributed by atoms with van der Waals surface area (Å²) >= 11 is 0. The fourth-order valence-electron chi connectivity index (χ4n) is 2.64. The second-order valence-corrected chi connectivity index (χ2v) is 5.62. The van der Waals surface area contributed by atoms with E-state index in [4.69, 9.17) is 4.74 Å². The van der Waals surface area contributed by atoms with Gasteiger partial charge in [-0.3, -0.25) is 0 Å². The summed E-state index contributed by atoms with van der Waals surface area (Å²) in [6.45, 7) is 2.21. The molecule has 0 aromatic heterocycles. The first kappa shape index (κ1) is 15.2. The van der Waals surface area contributed by atoms with Crippen molar-refractivity contribution in [1.29, 1.82) is 0 Å². The van der Waals surface area contributed by atoms with Crippen LogP contribution < -0.4 is 4.74 Å². The van der Waals surface area contributed by atoms with Crippen molar-refractivity contribution >= 4 is 10.8 Å². The van der Waals surface area contributed by atoms with Crippen molar-refractivity contribution in [3.63, 3.8) is 0 Å². The minimum Gasteiger partial charge on any atom is -0.497 e. The Hall–Kier alpha value is -2.72. The summed E-state index contributed by atoms with van der Waals surface area (Å²) in [5, 5.41) is 2.53. The summed E-state index contributed by atoms with van der Waals surface area (Å²) in [6, 6.07) is 20.9. The van der Waals surface area contributed by atoms with Gasteiger partial charge in [-0.15, -0.1) is 0 Å². The molecular formula is C22H20O. The molecule has 0 aliphatic heterocycles. The Morgan fingerprint density at radius 1 is 0.783 bits per heavy atom. The van der Waals surface area contributed by atoms with Gasteiger partial charge in [0.1, 0.15) is 5.75 Å². The van der Waals surface area contributed by atoms with Gasteiger partial charge >= 0.3 is 0 Å². The van der Waals surface area contributed by atoms with Gasteiger partial charge in [0, 0.05) is 11.1 Å². The summed E-state index contributed by atoms with van der Waals surface area (Å²) in [7, 11) is 1.67. The molecule has 0 aliphatic rings. The van der Waals surface area contributed by atoms with E-state index in [9.17, 15) is 0 Å². The quantitative estimate of drug-likeness (QED) is 0.604. The van der Waals surface area contributed by atoms with E-state index in [2.05, 4.69) is 55.2 Å². The smallest absolute Gasteiger partial charge is 0.118 e. The van der Waals surface area contributed by atoms with Gasteiger partial charge in [-0.2, -0.15) is 0 Å². The van der Waals surface area contributed by atoms with Crippen LogP contribution in [0.1, 0.15) is 30.0 Å². The van der Waals surface area contributed by atoms with Crippen LogP contribution in [0.4, 0.5) is 0 Å². The zero-order valence-electron chi connectivity index (χ0n) is 13.6. The number of benzene rings is 3. The van der Waals surface area contributed by atoms with E-state index < -0.39 is 0 Å². The highest BCUT2D eigenvalue weighted by atomic mass is 16.5. The summed E-state index contributed by atoms with van der Waals surface area (Å²) in [5.41, 5.74) is 3.43. The first-order valence-electron chi connectivity index (χ1n) is 7.97. The van der Waals surface area contributed by atoms with Crippen LogP contribution in [0.25, 0.3) is 10.8 Å². The topological polar surface area (TPSA) is 9.23 Å². The summed E-state index contributed by atoms with van der Waals surface area (Å²) in [6.07, 6.45) is 2.31. The van der Waals surface area contributed by atoms with Crippen LogP contribution in [0.2, 0.25) is 0 Å². The van der Waals surface area contributed by atoms with Crippen LogP contribution in [-0.4, -0.2) is 7.11 Å². The third-order valence-electron chi connectivity index (χ3n) is 3.88. The monoisotopic (exact) mass is 300 g/mol. The number of hydrogen-bond donors (Lipinski definition) is 0. The van der Waals surface area contributed by atoms with Crippen LogP contribution in [0, 0.1) is 11.8 Å². The number of fused-ring (bicyclic) bond motifs is 1. The lowest BCUT2D eigenvalue weighted by Crippen LogP contribution is -1.84. The van der Waals surface area contributed by atoms with Crippen molar-refractivity contribution in [3.05, 3.63) is 77.4 Å². The fourth-order valence-corrected chi connectivity index (χ4v) is 2.64. The molecule has 1 nitrogen and oxygen atoms in total. The Morgan fingerprint density at radius 3 is 2.17 bits per heavy atom. The van der Waals surface area contributed by atoms with Gasteiger partial charge in [-0.1, -0.05) is 49.5 Å². The van der Waals surface area contributed by atoms with Crippen molar-refractivity contribution in [2.45, 2.75) is 19.8 Å². The molecule has 23 heavy (non-hydrogen) atoms. The molecule has 1 heteroatoms. The molecule has 0 atom stereocenters. The first-order chi connectivity index (χ1) is 11.3. The Morgan fingerprint density at radius 2 is 1.43 bits per heavy atom. The van der Waals surface area contributed by atoms with Gasteiger partial charge in [0.15, 0.2) is 0 Å². The molecule has 3 aromatic carbocycles. The highest BCUT2D eigenvalue weighted by Crippen LogP contribution is 2.19. The molecule has 0 fully saturated rings. The Labute approximate surface area is 137 Å². The van der Waals surface area contributed by atoms with Gasteiger partial charge < -0.3 is 4.74 Å². The molecule has 0 amide bonds. The van der Waals surface area contributed by atoms with E-state index in [1.807, 2.05) is 24.3 Å². The van der Waals surface area contributed by atoms with Gasteiger partial charge in [-0.05, 0) is 59.2 Å². The Bertz CT molecular complexity index is 864. The van der Waals surface area contributed by atoms with Crippen LogP contribution in [0.5, 0.6) is 5.75 Å². The number of aryl methyl sites for hydroxylation is 1. The minimum atomic E-state index is 0.851. The third-order valence-corrected chi connectivity index (χ3v) is 3.88. The average molecular weight is 300 g/mol. The second kappa shape index (κ2) is 7.03. The van der Waals surface area contributed by atoms with Crippen molar-refractivity contribution in [2.75, 3.05) is 7.11 Å². The lowest BCUT2D eigenvalue weighted by Gasteiger charge is -2.03. The SMILES string of the molecule is CCCc1ccc2cc(C#Cc3ccc(OC)cc3)ccc2c1. The predicted molar refractivity (Wildman–Crippen MR) is 96.9 cm³/mol. The van der Waals surface area contributed by atoms with Gasteiger partial charge in [-0.25, -0.2) is 0 Å². The zero-order chi connectivity index (χ0) is 16.1. The molecule has 114 valence electrons. The maximum absolute atomic E-state index is 5.16. The number of rotatable bonds is 3. The van der Waals surface area contributed by atoms with E-state index in [1.54, 1.807) is 7.11 Å². The van der Waals surface area contributed by atoms with E-state index in [1.165, 1.54) is 22.8 Å². The molecule has 0 saturated heterocycles. The van der Waals surface area contributed by atoms with Gasteiger partial charge in [0.25, 0.3) is 0 Å². The predicted octanol–water partition coefficient (Wildman–Crippen LogP) is 5.20. The molecule has 3 aromatic rings. The van der Waals surface area contributed by atoms with Crippen molar-refractivity contribution in [2.24, 2.45) is 0 Å². The summed E-state index contributed by atoms with van der Waals surface area (Å²) < 4.78 is 5.16. The molecular weight excluding hydrogens is 280 g/mol. The molecule has 0 aliphatic carbocycles. The lowest BCUT2D eigenvalue weighted by atomic mass is 10.0. The molecule has 0 radical (unpaired) electrons. The van der Waals surface area contributed by atoms with Gasteiger partial charge in [0.2, 0.25) is 0 Å². The van der Waals surface area contributed by atoms with E-state index >= 15 is 0 Å². The summed E-state index contributed by atoms with van der Waals surface area (Å²) in [4.78, 5) is 0. The molecule has 0 spiro atoms. The third kappa shape index (κ3) is 3.73. The lowest BCUT2D eigenvalue weighted by molar-refractivity contribution is 0.415. The number of hydrogen-bond acceptors (Lipinski definition) is 1. The number of ether oxygens (including phenoxy) is 1. The van der Waals surface area contributed by atoms with Crippen LogP contribution in [-0.2, 0) is 6.42 Å². The number of methoxy groups -OCH3 is 1. The molecule has 0 bridgehead atoms. The second-order valence-electron chi connectivity index (χ2n) is 5.62. The molecule has 0 heterocycles. The Balaban J connectivity index is 1.86. The van der Waals surface area contributed by atoms with Crippen molar-refractivity contribution in [1.82, 2.24) is 0 Å². The van der Waals surface area contributed by atoms with Gasteiger partial charge in [0.05, 0.1) is 7.11 Å². The maximum atomic E-state index is 5.16. The normalized spacial score (nSPS) is 10.2. The Kier molecular flexibility index (Phi) is 4.64. The molecule has 0 N–H and O–H groups in total. The van der Waals surface area contributed by atoms with E-state index in [-0.39, 0.29) is 0 Å². The first-order valence-corrected chi connectivity index (χ1v) is 7.97. The standard InChI is InChI=1S/C22H20O/c1-3-4-18-7-11-21-16-19(8-12-20(21)15-18)6-5-17-9-13-22(23-2)14-10-17/h7-16H,3-4H2,1-2H3. The van der Waals surface area contributed by atoms with Crippen LogP contribution in [0.3, 0.4) is 0 Å². The fraction of sp³-hybridized carbons (Fsp3) is 0.182. The van der Waals surface area contributed by atoms with E-state index in [0.717, 1.165) is 23.3 Å². The average Bonchev–Trinajstić information content (AvgIpc) is 2.60. The van der Waals surface area contributed by atoms with Crippen LogP contribution in [0.15, 0.2) is 60.7 Å². The molecule has 0 unspecified atom stereocenters. The van der Waals surface area contributed by atoms with Crippen molar-refractivity contribution in [3.8, 4) is 17.6 Å². The highest BCUT2D eigenvalue weighted by Gasteiger charge is 1.97.